The highest BCUT2D eigenvalue weighted by atomic mass is 16.6. The fourth-order valence-corrected chi connectivity index (χ4v) is 2.25. The molecule has 0 saturated carbocycles. The minimum atomic E-state index is -0.816. The number of carbonyl (C=O) groups excluding carboxylic acids is 1. The van der Waals surface area contributed by atoms with Gasteiger partial charge in [0.25, 0.3) is 11.6 Å². The van der Waals surface area contributed by atoms with Crippen LogP contribution < -0.4 is 0 Å². The molecule has 23 heavy (non-hydrogen) atoms. The Hall–Kier alpha value is -2.73. The Balaban J connectivity index is 2.13. The van der Waals surface area contributed by atoms with Crippen LogP contribution in [-0.2, 0) is 0 Å². The first-order chi connectivity index (χ1) is 10.9. The number of amides is 1. The molecule has 2 atom stereocenters. The SMILES string of the molecule is CC(C(O)c1ccccc1)N(C)C(=O)c1ccc([N+](=O)[O-])cc1. The summed E-state index contributed by atoms with van der Waals surface area (Å²) in [6.07, 6.45) is -0.816. The third-order valence-electron chi connectivity index (χ3n) is 3.85. The van der Waals surface area contributed by atoms with E-state index < -0.39 is 17.1 Å². The number of carbonyl (C=O) groups is 1. The summed E-state index contributed by atoms with van der Waals surface area (Å²) in [5.41, 5.74) is 0.995. The van der Waals surface area contributed by atoms with Crippen LogP contribution in [0.25, 0.3) is 0 Å². The second kappa shape index (κ2) is 7.02. The van der Waals surface area contributed by atoms with E-state index in [9.17, 15) is 20.0 Å². The summed E-state index contributed by atoms with van der Waals surface area (Å²) in [6.45, 7) is 1.75. The van der Waals surface area contributed by atoms with E-state index >= 15 is 0 Å². The number of hydrogen-bond donors (Lipinski definition) is 1. The lowest BCUT2D eigenvalue weighted by atomic mass is 10.0. The van der Waals surface area contributed by atoms with Crippen LogP contribution in [0.15, 0.2) is 54.6 Å². The first-order valence-electron chi connectivity index (χ1n) is 7.16. The van der Waals surface area contributed by atoms with E-state index in [1.807, 2.05) is 18.2 Å². The molecule has 2 aromatic rings. The zero-order chi connectivity index (χ0) is 17.0. The number of aliphatic hydroxyl groups is 1. The number of rotatable bonds is 5. The zero-order valence-electron chi connectivity index (χ0n) is 12.9. The van der Waals surface area contributed by atoms with Gasteiger partial charge in [-0.3, -0.25) is 14.9 Å². The van der Waals surface area contributed by atoms with Crippen molar-refractivity contribution in [1.82, 2.24) is 4.90 Å². The van der Waals surface area contributed by atoms with E-state index in [0.717, 1.165) is 5.56 Å². The maximum atomic E-state index is 12.4. The number of hydrogen-bond acceptors (Lipinski definition) is 4. The Kier molecular flexibility index (Phi) is 5.08. The van der Waals surface area contributed by atoms with Crippen LogP contribution in [0, 0.1) is 10.1 Å². The highest BCUT2D eigenvalue weighted by Crippen LogP contribution is 2.21. The van der Waals surface area contributed by atoms with Gasteiger partial charge in [-0.15, -0.1) is 0 Å². The Morgan fingerprint density at radius 3 is 2.22 bits per heavy atom. The minimum Gasteiger partial charge on any atom is -0.386 e. The lowest BCUT2D eigenvalue weighted by Crippen LogP contribution is -2.39. The first-order valence-corrected chi connectivity index (χ1v) is 7.16. The summed E-state index contributed by atoms with van der Waals surface area (Å²) >= 11 is 0. The molecule has 0 fully saturated rings. The van der Waals surface area contributed by atoms with Crippen LogP contribution in [0.2, 0.25) is 0 Å². The van der Waals surface area contributed by atoms with Crippen molar-refractivity contribution < 1.29 is 14.8 Å². The van der Waals surface area contributed by atoms with Gasteiger partial charge in [0.2, 0.25) is 0 Å². The molecule has 6 heteroatoms. The fraction of sp³-hybridized carbons (Fsp3) is 0.235. The quantitative estimate of drug-likeness (QED) is 0.679. The Labute approximate surface area is 134 Å². The average molecular weight is 314 g/mol. The summed E-state index contributed by atoms with van der Waals surface area (Å²) in [5.74, 6) is -0.303. The molecule has 2 aromatic carbocycles. The van der Waals surface area contributed by atoms with E-state index in [1.54, 1.807) is 26.1 Å². The molecule has 0 saturated heterocycles. The van der Waals surface area contributed by atoms with E-state index in [4.69, 9.17) is 0 Å². The van der Waals surface area contributed by atoms with Crippen molar-refractivity contribution in [2.24, 2.45) is 0 Å². The highest BCUT2D eigenvalue weighted by Gasteiger charge is 2.25. The molecule has 0 aromatic heterocycles. The highest BCUT2D eigenvalue weighted by molar-refractivity contribution is 5.94. The monoisotopic (exact) mass is 314 g/mol. The predicted molar refractivity (Wildman–Crippen MR) is 86.1 cm³/mol. The van der Waals surface area contributed by atoms with Gasteiger partial charge >= 0.3 is 0 Å². The molecule has 0 aliphatic heterocycles. The molecule has 0 heterocycles. The van der Waals surface area contributed by atoms with E-state index in [2.05, 4.69) is 0 Å². The molecule has 0 aliphatic carbocycles. The standard InChI is InChI=1S/C17H18N2O4/c1-12(16(20)13-6-4-3-5-7-13)18(2)17(21)14-8-10-15(11-9-14)19(22)23/h3-12,16,20H,1-2H3. The molecule has 2 rings (SSSR count). The normalized spacial score (nSPS) is 13.2. The smallest absolute Gasteiger partial charge is 0.269 e. The maximum Gasteiger partial charge on any atom is 0.269 e. The van der Waals surface area contributed by atoms with Gasteiger partial charge < -0.3 is 10.0 Å². The molecule has 1 amide bonds. The second-order valence-corrected chi connectivity index (χ2v) is 5.32. The molecule has 0 radical (unpaired) electrons. The van der Waals surface area contributed by atoms with E-state index in [1.165, 1.54) is 29.2 Å². The fourth-order valence-electron chi connectivity index (χ4n) is 2.25. The van der Waals surface area contributed by atoms with Gasteiger partial charge in [0, 0.05) is 24.7 Å². The van der Waals surface area contributed by atoms with Crippen LogP contribution in [0.4, 0.5) is 5.69 Å². The number of likely N-dealkylation sites (N-methyl/N-ethyl adjacent to an activating group) is 1. The molecular formula is C17H18N2O4. The lowest BCUT2D eigenvalue weighted by molar-refractivity contribution is -0.384. The largest absolute Gasteiger partial charge is 0.386 e. The molecule has 0 spiro atoms. The summed E-state index contributed by atoms with van der Waals surface area (Å²) < 4.78 is 0. The molecule has 6 nitrogen and oxygen atoms in total. The van der Waals surface area contributed by atoms with Gasteiger partial charge in [0.15, 0.2) is 0 Å². The van der Waals surface area contributed by atoms with Gasteiger partial charge in [-0.1, -0.05) is 30.3 Å². The van der Waals surface area contributed by atoms with Crippen LogP contribution in [-0.4, -0.2) is 33.9 Å². The van der Waals surface area contributed by atoms with Crippen LogP contribution in [0.5, 0.6) is 0 Å². The van der Waals surface area contributed by atoms with Crippen molar-refractivity contribution in [2.75, 3.05) is 7.05 Å². The van der Waals surface area contributed by atoms with Gasteiger partial charge in [-0.25, -0.2) is 0 Å². The van der Waals surface area contributed by atoms with Gasteiger partial charge in [-0.2, -0.15) is 0 Å². The third kappa shape index (κ3) is 3.73. The van der Waals surface area contributed by atoms with Crippen molar-refractivity contribution in [3.8, 4) is 0 Å². The minimum absolute atomic E-state index is 0.0680. The molecule has 2 unspecified atom stereocenters. The Morgan fingerprint density at radius 1 is 1.13 bits per heavy atom. The van der Waals surface area contributed by atoms with Gasteiger partial charge in [0.05, 0.1) is 17.1 Å². The topological polar surface area (TPSA) is 83.7 Å². The van der Waals surface area contributed by atoms with E-state index in [-0.39, 0.29) is 11.6 Å². The first kappa shape index (κ1) is 16.6. The van der Waals surface area contributed by atoms with Crippen LogP contribution in [0.1, 0.15) is 28.9 Å². The van der Waals surface area contributed by atoms with Crippen LogP contribution in [0.3, 0.4) is 0 Å². The van der Waals surface area contributed by atoms with Crippen molar-refractivity contribution in [3.05, 3.63) is 75.8 Å². The van der Waals surface area contributed by atoms with Gasteiger partial charge in [0.1, 0.15) is 0 Å². The van der Waals surface area contributed by atoms with Crippen LogP contribution >= 0.6 is 0 Å². The second-order valence-electron chi connectivity index (χ2n) is 5.32. The van der Waals surface area contributed by atoms with Crippen molar-refractivity contribution >= 4 is 11.6 Å². The van der Waals surface area contributed by atoms with Crippen molar-refractivity contribution in [2.45, 2.75) is 19.1 Å². The zero-order valence-corrected chi connectivity index (χ0v) is 12.9. The summed E-state index contributed by atoms with van der Waals surface area (Å²) in [6, 6.07) is 14.1. The number of nitro benzene ring substituents is 1. The lowest BCUT2D eigenvalue weighted by Gasteiger charge is -2.29. The van der Waals surface area contributed by atoms with Crippen molar-refractivity contribution in [3.63, 3.8) is 0 Å². The Morgan fingerprint density at radius 2 is 1.70 bits per heavy atom. The molecule has 1 N–H and O–H groups in total. The number of nitrogens with zero attached hydrogens (tertiary/aromatic N) is 2. The predicted octanol–water partition coefficient (Wildman–Crippen LogP) is 2.79. The van der Waals surface area contributed by atoms with E-state index in [0.29, 0.717) is 5.56 Å². The summed E-state index contributed by atoms with van der Waals surface area (Å²) in [5, 5.41) is 21.0. The number of benzene rings is 2. The number of aliphatic hydroxyl groups excluding tert-OH is 1. The summed E-state index contributed by atoms with van der Waals surface area (Å²) in [4.78, 5) is 24.0. The van der Waals surface area contributed by atoms with Crippen molar-refractivity contribution in [1.29, 1.82) is 0 Å². The summed E-state index contributed by atoms with van der Waals surface area (Å²) in [7, 11) is 1.60. The third-order valence-corrected chi connectivity index (χ3v) is 3.85. The molecule has 120 valence electrons. The number of non-ortho nitro benzene ring substituents is 1. The van der Waals surface area contributed by atoms with Gasteiger partial charge in [-0.05, 0) is 24.6 Å². The average Bonchev–Trinajstić information content (AvgIpc) is 2.60. The molecule has 0 bridgehead atoms. The number of nitro groups is 1. The maximum absolute atomic E-state index is 12.4. The molecule has 0 aliphatic rings. The Bertz CT molecular complexity index is 685. The molecular weight excluding hydrogens is 296 g/mol.